The number of ether oxygens (including phenoxy) is 3. The molecule has 0 radical (unpaired) electrons. The fourth-order valence-corrected chi connectivity index (χ4v) is 2.41. The molecule has 1 fully saturated rings. The SMILES string of the molecule is CC1(c2ccc(OCc3ccc(Cl)cc3)cc2)OCCO1. The van der Waals surface area contributed by atoms with Crippen LogP contribution in [-0.4, -0.2) is 13.2 Å². The van der Waals surface area contributed by atoms with Crippen LogP contribution in [0.2, 0.25) is 5.02 Å². The molecule has 1 aliphatic rings. The van der Waals surface area contributed by atoms with Crippen molar-refractivity contribution in [2.75, 3.05) is 13.2 Å². The molecule has 3 rings (SSSR count). The molecule has 0 amide bonds. The Kier molecular flexibility index (Phi) is 4.15. The number of hydrogen-bond donors (Lipinski definition) is 0. The Morgan fingerprint density at radius 3 is 2.24 bits per heavy atom. The summed E-state index contributed by atoms with van der Waals surface area (Å²) in [6.07, 6.45) is 0. The Bertz CT molecular complexity index is 586. The van der Waals surface area contributed by atoms with E-state index < -0.39 is 5.79 Å². The average Bonchev–Trinajstić information content (AvgIpc) is 2.95. The Morgan fingerprint density at radius 2 is 1.62 bits per heavy atom. The minimum absolute atomic E-state index is 0.515. The number of halogens is 1. The van der Waals surface area contributed by atoms with Crippen molar-refractivity contribution in [2.45, 2.75) is 19.3 Å². The highest BCUT2D eigenvalue weighted by atomic mass is 35.5. The smallest absolute Gasteiger partial charge is 0.192 e. The third kappa shape index (κ3) is 3.38. The Labute approximate surface area is 129 Å². The van der Waals surface area contributed by atoms with E-state index in [2.05, 4.69) is 0 Å². The summed E-state index contributed by atoms with van der Waals surface area (Å²) < 4.78 is 17.0. The highest BCUT2D eigenvalue weighted by Gasteiger charge is 2.32. The summed E-state index contributed by atoms with van der Waals surface area (Å²) in [5.74, 6) is 0.185. The van der Waals surface area contributed by atoms with Gasteiger partial charge in [-0.25, -0.2) is 0 Å². The highest BCUT2D eigenvalue weighted by Crippen LogP contribution is 2.31. The van der Waals surface area contributed by atoms with Gasteiger partial charge in [0.25, 0.3) is 0 Å². The van der Waals surface area contributed by atoms with Crippen LogP contribution in [0, 0.1) is 0 Å². The minimum Gasteiger partial charge on any atom is -0.489 e. The molecule has 2 aromatic rings. The highest BCUT2D eigenvalue weighted by molar-refractivity contribution is 6.30. The summed E-state index contributed by atoms with van der Waals surface area (Å²) >= 11 is 5.86. The third-order valence-electron chi connectivity index (χ3n) is 3.54. The number of rotatable bonds is 4. The lowest BCUT2D eigenvalue weighted by molar-refractivity contribution is -0.149. The standard InChI is InChI=1S/C17H17ClO3/c1-17(20-10-11-21-17)14-4-8-16(9-5-14)19-12-13-2-6-15(18)7-3-13/h2-9H,10-12H2,1H3. The van der Waals surface area contributed by atoms with Crippen LogP contribution in [0.3, 0.4) is 0 Å². The first kappa shape index (κ1) is 14.4. The van der Waals surface area contributed by atoms with Crippen LogP contribution in [0.4, 0.5) is 0 Å². The van der Waals surface area contributed by atoms with E-state index >= 15 is 0 Å². The monoisotopic (exact) mass is 304 g/mol. The maximum absolute atomic E-state index is 5.86. The molecule has 1 aliphatic heterocycles. The molecule has 0 aliphatic carbocycles. The van der Waals surface area contributed by atoms with Crippen LogP contribution in [0.1, 0.15) is 18.1 Å². The van der Waals surface area contributed by atoms with Crippen molar-refractivity contribution in [3.05, 3.63) is 64.7 Å². The molecule has 0 aromatic heterocycles. The lowest BCUT2D eigenvalue weighted by Crippen LogP contribution is -2.22. The maximum Gasteiger partial charge on any atom is 0.192 e. The lowest BCUT2D eigenvalue weighted by Gasteiger charge is -2.22. The summed E-state index contributed by atoms with van der Waals surface area (Å²) in [5, 5.41) is 0.730. The molecular formula is C17H17ClO3. The number of hydrogen-bond acceptors (Lipinski definition) is 3. The van der Waals surface area contributed by atoms with Crippen molar-refractivity contribution in [2.24, 2.45) is 0 Å². The molecule has 3 nitrogen and oxygen atoms in total. The van der Waals surface area contributed by atoms with Crippen LogP contribution >= 0.6 is 11.6 Å². The second-order valence-electron chi connectivity index (χ2n) is 5.08. The normalized spacial score (nSPS) is 16.9. The van der Waals surface area contributed by atoms with Gasteiger partial charge in [-0.15, -0.1) is 0 Å². The van der Waals surface area contributed by atoms with Crippen LogP contribution in [0.15, 0.2) is 48.5 Å². The molecule has 0 unspecified atom stereocenters. The summed E-state index contributed by atoms with van der Waals surface area (Å²) in [7, 11) is 0. The molecule has 0 spiro atoms. The summed E-state index contributed by atoms with van der Waals surface area (Å²) in [6, 6.07) is 15.4. The zero-order valence-corrected chi connectivity index (χ0v) is 12.6. The van der Waals surface area contributed by atoms with Gasteiger partial charge in [-0.05, 0) is 48.9 Å². The predicted octanol–water partition coefficient (Wildman–Crippen LogP) is 4.14. The fourth-order valence-electron chi connectivity index (χ4n) is 2.28. The first-order valence-electron chi connectivity index (χ1n) is 6.91. The van der Waals surface area contributed by atoms with Crippen molar-refractivity contribution < 1.29 is 14.2 Å². The zero-order valence-electron chi connectivity index (χ0n) is 11.8. The quantitative estimate of drug-likeness (QED) is 0.849. The van der Waals surface area contributed by atoms with Gasteiger partial charge < -0.3 is 14.2 Å². The van der Waals surface area contributed by atoms with Gasteiger partial charge in [-0.2, -0.15) is 0 Å². The Hall–Kier alpha value is -1.55. The summed E-state index contributed by atoms with van der Waals surface area (Å²) in [6.45, 7) is 3.71. The molecule has 1 heterocycles. The van der Waals surface area contributed by atoms with Crippen LogP contribution < -0.4 is 4.74 Å². The second kappa shape index (κ2) is 6.06. The van der Waals surface area contributed by atoms with Crippen molar-refractivity contribution in [1.29, 1.82) is 0 Å². The first-order valence-corrected chi connectivity index (χ1v) is 7.29. The minimum atomic E-state index is -0.630. The Balaban J connectivity index is 1.63. The molecule has 110 valence electrons. The molecule has 4 heteroatoms. The predicted molar refractivity (Wildman–Crippen MR) is 81.5 cm³/mol. The molecule has 0 atom stereocenters. The molecule has 2 aromatic carbocycles. The van der Waals surface area contributed by atoms with Gasteiger partial charge in [-0.1, -0.05) is 23.7 Å². The molecular weight excluding hydrogens is 288 g/mol. The summed E-state index contributed by atoms with van der Waals surface area (Å²) in [4.78, 5) is 0. The Morgan fingerprint density at radius 1 is 1.00 bits per heavy atom. The second-order valence-corrected chi connectivity index (χ2v) is 5.52. The van der Waals surface area contributed by atoms with E-state index in [1.807, 2.05) is 55.5 Å². The first-order chi connectivity index (χ1) is 10.2. The van der Waals surface area contributed by atoms with Gasteiger partial charge in [-0.3, -0.25) is 0 Å². The number of benzene rings is 2. The zero-order chi connectivity index (χ0) is 14.7. The van der Waals surface area contributed by atoms with Crippen LogP contribution in [-0.2, 0) is 21.9 Å². The van der Waals surface area contributed by atoms with Crippen LogP contribution in [0.25, 0.3) is 0 Å². The van der Waals surface area contributed by atoms with Crippen molar-refractivity contribution >= 4 is 11.6 Å². The van der Waals surface area contributed by atoms with E-state index in [9.17, 15) is 0 Å². The lowest BCUT2D eigenvalue weighted by atomic mass is 10.1. The van der Waals surface area contributed by atoms with Gasteiger partial charge in [0, 0.05) is 10.6 Å². The van der Waals surface area contributed by atoms with Crippen LogP contribution in [0.5, 0.6) is 5.75 Å². The van der Waals surface area contributed by atoms with Gasteiger partial charge in [0.2, 0.25) is 0 Å². The topological polar surface area (TPSA) is 27.7 Å². The molecule has 0 N–H and O–H groups in total. The fraction of sp³-hybridized carbons (Fsp3) is 0.294. The van der Waals surface area contributed by atoms with Gasteiger partial charge >= 0.3 is 0 Å². The van der Waals surface area contributed by atoms with Gasteiger partial charge in [0.05, 0.1) is 13.2 Å². The molecule has 21 heavy (non-hydrogen) atoms. The van der Waals surface area contributed by atoms with Crippen molar-refractivity contribution in [3.8, 4) is 5.75 Å². The van der Waals surface area contributed by atoms with E-state index in [1.165, 1.54) is 0 Å². The summed E-state index contributed by atoms with van der Waals surface area (Å²) in [5.41, 5.74) is 2.08. The third-order valence-corrected chi connectivity index (χ3v) is 3.79. The van der Waals surface area contributed by atoms with E-state index in [0.717, 1.165) is 21.9 Å². The average molecular weight is 305 g/mol. The van der Waals surface area contributed by atoms with E-state index in [1.54, 1.807) is 0 Å². The molecule has 0 bridgehead atoms. The largest absolute Gasteiger partial charge is 0.489 e. The molecule has 1 saturated heterocycles. The van der Waals surface area contributed by atoms with Gasteiger partial charge in [0.15, 0.2) is 5.79 Å². The maximum atomic E-state index is 5.86. The van der Waals surface area contributed by atoms with E-state index in [-0.39, 0.29) is 0 Å². The van der Waals surface area contributed by atoms with E-state index in [0.29, 0.717) is 19.8 Å². The van der Waals surface area contributed by atoms with Crippen molar-refractivity contribution in [3.63, 3.8) is 0 Å². The molecule has 0 saturated carbocycles. The van der Waals surface area contributed by atoms with Crippen molar-refractivity contribution in [1.82, 2.24) is 0 Å². The van der Waals surface area contributed by atoms with Gasteiger partial charge in [0.1, 0.15) is 12.4 Å². The van der Waals surface area contributed by atoms with E-state index in [4.69, 9.17) is 25.8 Å².